The van der Waals surface area contributed by atoms with Gasteiger partial charge in [0.2, 0.25) is 15.8 Å². The van der Waals surface area contributed by atoms with Gasteiger partial charge in [0.1, 0.15) is 12.3 Å². The van der Waals surface area contributed by atoms with Crippen molar-refractivity contribution in [2.75, 3.05) is 31.1 Å². The van der Waals surface area contributed by atoms with E-state index in [0.29, 0.717) is 42.6 Å². The van der Waals surface area contributed by atoms with E-state index in [-0.39, 0.29) is 12.4 Å². The number of ether oxygens (including phenoxy) is 1. The van der Waals surface area contributed by atoms with Gasteiger partial charge in [-0.25, -0.2) is 8.42 Å². The minimum absolute atomic E-state index is 0.167. The van der Waals surface area contributed by atoms with Crippen LogP contribution < -0.4 is 15.2 Å². The number of aryl methyl sites for hydroxylation is 1. The molecule has 0 radical (unpaired) electrons. The summed E-state index contributed by atoms with van der Waals surface area (Å²) in [7, 11) is -3.34. The Balaban J connectivity index is 1.66. The van der Waals surface area contributed by atoms with Crippen LogP contribution in [-0.2, 0) is 16.6 Å². The summed E-state index contributed by atoms with van der Waals surface area (Å²) in [6.45, 7) is 7.09. The third-order valence-electron chi connectivity index (χ3n) is 6.01. The van der Waals surface area contributed by atoms with Crippen LogP contribution in [0.25, 0.3) is 5.69 Å². The molecule has 0 bridgehead atoms. The normalized spacial score (nSPS) is 14.9. The Morgan fingerprint density at radius 2 is 1.74 bits per heavy atom. The zero-order valence-electron chi connectivity index (χ0n) is 20.0. The summed E-state index contributed by atoms with van der Waals surface area (Å²) in [5.74, 6) is 0.167. The van der Waals surface area contributed by atoms with Gasteiger partial charge in [0.25, 0.3) is 0 Å². The number of piperazine rings is 1. The summed E-state index contributed by atoms with van der Waals surface area (Å²) in [6, 6.07) is 14.8. The van der Waals surface area contributed by atoms with Gasteiger partial charge in [-0.1, -0.05) is 47.5 Å². The Morgan fingerprint density at radius 1 is 1.06 bits per heavy atom. The standard InChI is InChI=1S/C25H29ClN4O4S/c1-18(2)35(32,33)29-13-11-28(12-14-29)23-16-27-30(22-6-4-5-21(26)15-22)25(31)24(23)34-17-20-9-7-19(3)8-10-20/h4-10,15-16,18H,11-14,17H2,1-3H3. The summed E-state index contributed by atoms with van der Waals surface area (Å²) >= 11 is 6.13. The van der Waals surface area contributed by atoms with Gasteiger partial charge in [-0.05, 0) is 44.5 Å². The Hall–Kier alpha value is -2.88. The second kappa shape index (κ2) is 10.4. The van der Waals surface area contributed by atoms with Crippen molar-refractivity contribution in [3.8, 4) is 11.4 Å². The van der Waals surface area contributed by atoms with Gasteiger partial charge in [-0.15, -0.1) is 0 Å². The first-order valence-corrected chi connectivity index (χ1v) is 13.4. The van der Waals surface area contributed by atoms with E-state index in [4.69, 9.17) is 16.3 Å². The van der Waals surface area contributed by atoms with Gasteiger partial charge in [0.05, 0.1) is 17.1 Å². The lowest BCUT2D eigenvalue weighted by Crippen LogP contribution is -2.50. The minimum atomic E-state index is -3.34. The molecule has 1 saturated heterocycles. The number of halogens is 1. The van der Waals surface area contributed by atoms with Gasteiger partial charge < -0.3 is 9.64 Å². The lowest BCUT2D eigenvalue weighted by molar-refractivity contribution is 0.297. The van der Waals surface area contributed by atoms with Crippen molar-refractivity contribution in [3.63, 3.8) is 0 Å². The molecule has 0 unspecified atom stereocenters. The number of nitrogens with zero attached hydrogens (tertiary/aromatic N) is 4. The molecule has 0 saturated carbocycles. The number of aromatic nitrogens is 2. The molecule has 186 valence electrons. The Bertz CT molecular complexity index is 1350. The minimum Gasteiger partial charge on any atom is -0.481 e. The third kappa shape index (κ3) is 5.52. The first-order valence-electron chi connectivity index (χ1n) is 11.5. The fourth-order valence-corrected chi connectivity index (χ4v) is 5.36. The van der Waals surface area contributed by atoms with Crippen molar-refractivity contribution in [2.24, 2.45) is 0 Å². The van der Waals surface area contributed by atoms with Gasteiger partial charge in [0.15, 0.2) is 0 Å². The van der Waals surface area contributed by atoms with Crippen LogP contribution in [0.4, 0.5) is 5.69 Å². The molecule has 0 aliphatic carbocycles. The second-order valence-electron chi connectivity index (χ2n) is 8.81. The van der Waals surface area contributed by atoms with Crippen molar-refractivity contribution in [1.29, 1.82) is 0 Å². The van der Waals surface area contributed by atoms with Crippen LogP contribution in [0.1, 0.15) is 25.0 Å². The van der Waals surface area contributed by atoms with Crippen LogP contribution in [0, 0.1) is 6.92 Å². The molecule has 4 rings (SSSR count). The first-order chi connectivity index (χ1) is 16.7. The number of anilines is 1. The van der Waals surface area contributed by atoms with E-state index in [1.54, 1.807) is 44.3 Å². The van der Waals surface area contributed by atoms with E-state index in [9.17, 15) is 13.2 Å². The molecule has 0 atom stereocenters. The molecule has 1 fully saturated rings. The molecule has 1 aliphatic heterocycles. The lowest BCUT2D eigenvalue weighted by Gasteiger charge is -2.36. The van der Waals surface area contributed by atoms with E-state index in [0.717, 1.165) is 11.1 Å². The van der Waals surface area contributed by atoms with E-state index in [1.807, 2.05) is 36.1 Å². The average molecular weight is 517 g/mol. The van der Waals surface area contributed by atoms with Gasteiger partial charge in [0, 0.05) is 31.2 Å². The van der Waals surface area contributed by atoms with Crippen molar-refractivity contribution < 1.29 is 13.2 Å². The van der Waals surface area contributed by atoms with E-state index in [1.165, 1.54) is 8.99 Å². The lowest BCUT2D eigenvalue weighted by atomic mass is 10.2. The second-order valence-corrected chi connectivity index (χ2v) is 11.7. The van der Waals surface area contributed by atoms with Crippen molar-refractivity contribution in [3.05, 3.63) is 81.2 Å². The Morgan fingerprint density at radius 3 is 2.37 bits per heavy atom. The number of hydrogen-bond acceptors (Lipinski definition) is 6. The molecule has 8 nitrogen and oxygen atoms in total. The first kappa shape index (κ1) is 25.2. The third-order valence-corrected chi connectivity index (χ3v) is 8.52. The molecular weight excluding hydrogens is 488 g/mol. The van der Waals surface area contributed by atoms with E-state index >= 15 is 0 Å². The fraction of sp³-hybridized carbons (Fsp3) is 0.360. The van der Waals surface area contributed by atoms with Crippen LogP contribution in [0.15, 0.2) is 59.5 Å². The number of sulfonamides is 1. The molecule has 1 aromatic heterocycles. The van der Waals surface area contributed by atoms with Gasteiger partial charge in [-0.2, -0.15) is 14.1 Å². The van der Waals surface area contributed by atoms with Crippen LogP contribution >= 0.6 is 11.6 Å². The molecule has 10 heteroatoms. The van der Waals surface area contributed by atoms with Gasteiger partial charge in [-0.3, -0.25) is 4.79 Å². The highest BCUT2D eigenvalue weighted by atomic mass is 35.5. The van der Waals surface area contributed by atoms with Crippen LogP contribution in [0.3, 0.4) is 0 Å². The Labute approximate surface area is 210 Å². The van der Waals surface area contributed by atoms with Gasteiger partial charge >= 0.3 is 5.56 Å². The number of benzene rings is 2. The number of hydrogen-bond donors (Lipinski definition) is 0. The largest absolute Gasteiger partial charge is 0.481 e. The SMILES string of the molecule is Cc1ccc(COc2c(N3CCN(S(=O)(=O)C(C)C)CC3)cnn(-c3cccc(Cl)c3)c2=O)cc1. The van der Waals surface area contributed by atoms with Crippen LogP contribution in [0.5, 0.6) is 5.75 Å². The monoisotopic (exact) mass is 516 g/mol. The predicted molar refractivity (Wildman–Crippen MR) is 138 cm³/mol. The summed E-state index contributed by atoms with van der Waals surface area (Å²) in [4.78, 5) is 15.5. The fourth-order valence-electron chi connectivity index (χ4n) is 3.90. The molecule has 3 aromatic rings. The Kier molecular flexibility index (Phi) is 7.49. The molecule has 2 aromatic carbocycles. The molecular formula is C25H29ClN4O4S. The molecule has 0 amide bonds. The molecule has 35 heavy (non-hydrogen) atoms. The zero-order valence-corrected chi connectivity index (χ0v) is 21.6. The van der Waals surface area contributed by atoms with Crippen LogP contribution in [0.2, 0.25) is 5.02 Å². The highest BCUT2D eigenvalue weighted by molar-refractivity contribution is 7.89. The van der Waals surface area contributed by atoms with Crippen molar-refractivity contribution >= 4 is 27.3 Å². The predicted octanol–water partition coefficient (Wildman–Crippen LogP) is 3.63. The summed E-state index contributed by atoms with van der Waals surface area (Å²) in [6.07, 6.45) is 1.60. The quantitative estimate of drug-likeness (QED) is 0.477. The molecule has 1 aliphatic rings. The summed E-state index contributed by atoms with van der Waals surface area (Å²) in [5, 5.41) is 4.39. The van der Waals surface area contributed by atoms with Crippen molar-refractivity contribution in [2.45, 2.75) is 32.6 Å². The van der Waals surface area contributed by atoms with Crippen molar-refractivity contribution in [1.82, 2.24) is 14.1 Å². The number of rotatable bonds is 7. The topological polar surface area (TPSA) is 84.7 Å². The average Bonchev–Trinajstić information content (AvgIpc) is 2.84. The molecule has 0 N–H and O–H groups in total. The molecule has 2 heterocycles. The van der Waals surface area contributed by atoms with E-state index < -0.39 is 20.8 Å². The van der Waals surface area contributed by atoms with Crippen LogP contribution in [-0.4, -0.2) is 53.9 Å². The maximum absolute atomic E-state index is 13.5. The van der Waals surface area contributed by atoms with E-state index in [2.05, 4.69) is 5.10 Å². The maximum Gasteiger partial charge on any atom is 0.316 e. The summed E-state index contributed by atoms with van der Waals surface area (Å²) < 4.78 is 34.0. The zero-order chi connectivity index (χ0) is 25.2. The maximum atomic E-state index is 13.5. The summed E-state index contributed by atoms with van der Waals surface area (Å²) in [5.41, 5.74) is 2.73. The molecule has 0 spiro atoms. The highest BCUT2D eigenvalue weighted by Gasteiger charge is 2.31. The highest BCUT2D eigenvalue weighted by Crippen LogP contribution is 2.27. The smallest absolute Gasteiger partial charge is 0.316 e.